The summed E-state index contributed by atoms with van der Waals surface area (Å²) in [4.78, 5) is 32.0. The van der Waals surface area contributed by atoms with E-state index in [0.29, 0.717) is 34.4 Å². The SMILES string of the molecule is COC(=O)c1cc(Oc2ccc(O)cc2)n2c(C)ncc2c1.COC(=O)c1cc(Oc2ccc(O)cc2)n2c(C)ncc2c1. The summed E-state index contributed by atoms with van der Waals surface area (Å²) in [5.74, 6) is 2.84. The minimum Gasteiger partial charge on any atom is -0.508 e. The van der Waals surface area contributed by atoms with Gasteiger partial charge in [0, 0.05) is 12.1 Å². The van der Waals surface area contributed by atoms with E-state index >= 15 is 0 Å². The van der Waals surface area contributed by atoms with Crippen LogP contribution in [-0.2, 0) is 9.47 Å². The molecule has 0 radical (unpaired) electrons. The van der Waals surface area contributed by atoms with Crippen molar-refractivity contribution in [3.63, 3.8) is 0 Å². The summed E-state index contributed by atoms with van der Waals surface area (Å²) in [7, 11) is 2.66. The predicted molar refractivity (Wildman–Crippen MR) is 159 cm³/mol. The third-order valence-corrected chi connectivity index (χ3v) is 6.50. The van der Waals surface area contributed by atoms with Gasteiger partial charge in [0.25, 0.3) is 0 Å². The maximum absolute atomic E-state index is 11.8. The van der Waals surface area contributed by atoms with Crippen molar-refractivity contribution < 1.29 is 38.7 Å². The summed E-state index contributed by atoms with van der Waals surface area (Å²) in [5.41, 5.74) is 2.22. The molecule has 12 heteroatoms. The maximum Gasteiger partial charge on any atom is 0.338 e. The molecule has 12 nitrogen and oxygen atoms in total. The third kappa shape index (κ3) is 6.23. The summed E-state index contributed by atoms with van der Waals surface area (Å²) >= 11 is 0. The fourth-order valence-corrected chi connectivity index (χ4v) is 4.39. The van der Waals surface area contributed by atoms with Crippen LogP contribution in [0.3, 0.4) is 0 Å². The molecule has 44 heavy (non-hydrogen) atoms. The second kappa shape index (κ2) is 12.4. The first-order chi connectivity index (χ1) is 21.2. The van der Waals surface area contributed by atoms with Gasteiger partial charge in [0.1, 0.15) is 34.6 Å². The van der Waals surface area contributed by atoms with Crippen LogP contribution in [-0.4, -0.2) is 55.1 Å². The van der Waals surface area contributed by atoms with Gasteiger partial charge in [0.05, 0.1) is 48.8 Å². The molecule has 0 aliphatic rings. The fourth-order valence-electron chi connectivity index (χ4n) is 4.39. The minimum absolute atomic E-state index is 0.152. The van der Waals surface area contributed by atoms with Gasteiger partial charge in [-0.1, -0.05) is 0 Å². The Bertz CT molecular complexity index is 1820. The normalized spacial score (nSPS) is 10.6. The van der Waals surface area contributed by atoms with E-state index in [0.717, 1.165) is 22.7 Å². The van der Waals surface area contributed by atoms with E-state index in [9.17, 15) is 19.8 Å². The largest absolute Gasteiger partial charge is 0.508 e. The number of esters is 2. The Morgan fingerprint density at radius 3 is 1.32 bits per heavy atom. The lowest BCUT2D eigenvalue weighted by Crippen LogP contribution is -2.04. The van der Waals surface area contributed by atoms with Crippen molar-refractivity contribution in [2.45, 2.75) is 13.8 Å². The van der Waals surface area contributed by atoms with Crippen molar-refractivity contribution in [2.75, 3.05) is 14.2 Å². The van der Waals surface area contributed by atoms with Gasteiger partial charge in [0.15, 0.2) is 0 Å². The standard InChI is InChI=1S/2C16H14N2O4/c2*1-10-17-9-12-7-11(16(20)21-2)8-15(18(10)12)22-14-5-3-13(19)4-6-14/h2*3-9,19H,1-2H3. The molecule has 4 heterocycles. The van der Waals surface area contributed by atoms with Crippen LogP contribution in [0.1, 0.15) is 32.4 Å². The molecule has 6 rings (SSSR count). The van der Waals surface area contributed by atoms with Gasteiger partial charge >= 0.3 is 11.9 Å². The first-order valence-electron chi connectivity index (χ1n) is 13.2. The zero-order chi connectivity index (χ0) is 31.4. The van der Waals surface area contributed by atoms with E-state index in [1.807, 2.05) is 13.8 Å². The van der Waals surface area contributed by atoms with Crippen LogP contribution in [0.2, 0.25) is 0 Å². The molecule has 0 saturated heterocycles. The molecule has 0 amide bonds. The lowest BCUT2D eigenvalue weighted by molar-refractivity contribution is 0.0591. The van der Waals surface area contributed by atoms with Crippen molar-refractivity contribution in [2.24, 2.45) is 0 Å². The molecule has 224 valence electrons. The smallest absolute Gasteiger partial charge is 0.338 e. The molecule has 4 aromatic heterocycles. The Balaban J connectivity index is 0.000000175. The highest BCUT2D eigenvalue weighted by Gasteiger charge is 2.15. The summed E-state index contributed by atoms with van der Waals surface area (Å²) < 4.78 is 24.7. The van der Waals surface area contributed by atoms with Gasteiger partial charge in [-0.25, -0.2) is 19.6 Å². The van der Waals surface area contributed by atoms with Crippen LogP contribution in [0, 0.1) is 13.8 Å². The molecule has 2 aromatic carbocycles. The summed E-state index contributed by atoms with van der Waals surface area (Å²) in [5, 5.41) is 18.6. The van der Waals surface area contributed by atoms with Crippen molar-refractivity contribution in [3.8, 4) is 34.8 Å². The third-order valence-electron chi connectivity index (χ3n) is 6.50. The second-order valence-electron chi connectivity index (χ2n) is 9.47. The Labute approximate surface area is 251 Å². The number of ether oxygens (including phenoxy) is 4. The van der Waals surface area contributed by atoms with Crippen LogP contribution in [0.5, 0.6) is 34.8 Å². The van der Waals surface area contributed by atoms with Gasteiger partial charge in [0.2, 0.25) is 11.8 Å². The minimum atomic E-state index is -0.447. The first kappa shape index (κ1) is 29.5. The number of aromatic hydroxyl groups is 2. The predicted octanol–water partition coefficient (Wildman–Crippen LogP) is 5.85. The zero-order valence-corrected chi connectivity index (χ0v) is 24.2. The summed E-state index contributed by atoms with van der Waals surface area (Å²) in [6.07, 6.45) is 3.32. The van der Waals surface area contributed by atoms with E-state index in [-0.39, 0.29) is 11.5 Å². The number of aromatic nitrogens is 4. The number of pyridine rings is 2. The number of nitrogens with zero attached hydrogens (tertiary/aromatic N) is 4. The molecule has 0 saturated carbocycles. The quantitative estimate of drug-likeness (QED) is 0.224. The molecule has 0 bridgehead atoms. The number of phenolic OH excluding ortho intramolecular Hbond substituents is 2. The van der Waals surface area contributed by atoms with Gasteiger partial charge in [-0.2, -0.15) is 0 Å². The molecule has 0 aliphatic carbocycles. The zero-order valence-electron chi connectivity index (χ0n) is 24.2. The number of fused-ring (bicyclic) bond motifs is 2. The molecule has 6 aromatic rings. The monoisotopic (exact) mass is 596 g/mol. The van der Waals surface area contributed by atoms with Crippen molar-refractivity contribution >= 4 is 23.0 Å². The Morgan fingerprint density at radius 1 is 0.614 bits per heavy atom. The van der Waals surface area contributed by atoms with E-state index in [2.05, 4.69) is 9.97 Å². The van der Waals surface area contributed by atoms with Crippen molar-refractivity contribution in [1.82, 2.24) is 18.8 Å². The van der Waals surface area contributed by atoms with E-state index < -0.39 is 11.9 Å². The Kier molecular flexibility index (Phi) is 8.33. The number of carbonyl (C=O) groups excluding carboxylic acids is 2. The summed E-state index contributed by atoms with van der Waals surface area (Å²) in [6, 6.07) is 19.2. The fraction of sp³-hybridized carbons (Fsp3) is 0.125. The Hall–Kier alpha value is -6.04. The number of imidazole rings is 2. The first-order valence-corrected chi connectivity index (χ1v) is 13.2. The van der Waals surface area contributed by atoms with Crippen molar-refractivity contribution in [3.05, 3.63) is 108 Å². The molecule has 0 aliphatic heterocycles. The topological polar surface area (TPSA) is 146 Å². The van der Waals surface area contributed by atoms with Crippen LogP contribution in [0.15, 0.2) is 85.2 Å². The second-order valence-corrected chi connectivity index (χ2v) is 9.47. The number of methoxy groups -OCH3 is 2. The summed E-state index contributed by atoms with van der Waals surface area (Å²) in [6.45, 7) is 3.68. The average Bonchev–Trinajstić information content (AvgIpc) is 3.60. The molecular weight excluding hydrogens is 568 g/mol. The van der Waals surface area contributed by atoms with Crippen LogP contribution in [0.4, 0.5) is 0 Å². The molecule has 0 unspecified atom stereocenters. The lowest BCUT2D eigenvalue weighted by atomic mass is 10.2. The van der Waals surface area contributed by atoms with Gasteiger partial charge in [-0.05, 0) is 74.5 Å². The molecular formula is C32H28N4O8. The van der Waals surface area contributed by atoms with Gasteiger partial charge in [-0.15, -0.1) is 0 Å². The highest BCUT2D eigenvalue weighted by Crippen LogP contribution is 2.28. The van der Waals surface area contributed by atoms with E-state index in [1.54, 1.807) is 69.7 Å². The Morgan fingerprint density at radius 2 is 0.977 bits per heavy atom. The van der Waals surface area contributed by atoms with Crippen LogP contribution < -0.4 is 9.47 Å². The van der Waals surface area contributed by atoms with Crippen molar-refractivity contribution in [1.29, 1.82) is 0 Å². The molecule has 0 atom stereocenters. The van der Waals surface area contributed by atoms with Crippen LogP contribution in [0.25, 0.3) is 11.0 Å². The number of benzene rings is 2. The van der Waals surface area contributed by atoms with Gasteiger partial charge in [-0.3, -0.25) is 8.80 Å². The number of hydrogen-bond donors (Lipinski definition) is 2. The maximum atomic E-state index is 11.8. The van der Waals surface area contributed by atoms with E-state index in [4.69, 9.17) is 18.9 Å². The average molecular weight is 597 g/mol. The number of phenols is 2. The molecule has 2 N–H and O–H groups in total. The van der Waals surface area contributed by atoms with Crippen LogP contribution >= 0.6 is 0 Å². The number of hydrogen-bond acceptors (Lipinski definition) is 10. The highest BCUT2D eigenvalue weighted by atomic mass is 16.5. The number of carbonyl (C=O) groups is 2. The molecule has 0 spiro atoms. The molecule has 0 fully saturated rings. The highest BCUT2D eigenvalue weighted by molar-refractivity contribution is 5.91. The number of aryl methyl sites for hydroxylation is 2. The van der Waals surface area contributed by atoms with Gasteiger partial charge < -0.3 is 29.2 Å². The lowest BCUT2D eigenvalue weighted by Gasteiger charge is -2.11. The van der Waals surface area contributed by atoms with E-state index in [1.165, 1.54) is 38.5 Å². The number of rotatable bonds is 6.